The van der Waals surface area contributed by atoms with Gasteiger partial charge >= 0.3 is 0 Å². The Morgan fingerprint density at radius 2 is 0.944 bits per heavy atom. The summed E-state index contributed by atoms with van der Waals surface area (Å²) in [6.07, 6.45) is 11.1. The van der Waals surface area contributed by atoms with Crippen LogP contribution in [0.25, 0.3) is 0 Å². The smallest absolute Gasteiger partial charge is 0.232 e. The number of piperidine rings is 2. The number of nitrogens with zero attached hydrogens (tertiary/aromatic N) is 2. The van der Waals surface area contributed by atoms with Crippen molar-refractivity contribution >= 4 is 23.6 Å². The van der Waals surface area contributed by atoms with Crippen molar-refractivity contribution in [2.45, 2.75) is 77.6 Å². The number of rotatable bonds is 4. The van der Waals surface area contributed by atoms with E-state index in [4.69, 9.17) is 0 Å². The number of amides is 4. The Morgan fingerprint density at radius 1 is 0.556 bits per heavy atom. The molecule has 0 radical (unpaired) electrons. The van der Waals surface area contributed by atoms with Crippen LogP contribution < -0.4 is 0 Å². The molecule has 6 nitrogen and oxygen atoms in total. The number of carbonyl (C=O) groups is 4. The number of imide groups is 2. The van der Waals surface area contributed by atoms with E-state index in [1.54, 1.807) is 11.9 Å². The van der Waals surface area contributed by atoms with Crippen LogP contribution in [0, 0.1) is 71.0 Å². The Bertz CT molecular complexity index is 925. The molecular weight excluding hydrogens is 452 g/mol. The van der Waals surface area contributed by atoms with Gasteiger partial charge in [0.15, 0.2) is 0 Å². The van der Waals surface area contributed by atoms with Gasteiger partial charge in [0.25, 0.3) is 0 Å². The van der Waals surface area contributed by atoms with Gasteiger partial charge in [0, 0.05) is 37.3 Å². The van der Waals surface area contributed by atoms with Crippen molar-refractivity contribution < 1.29 is 19.2 Å². The Labute approximate surface area is 214 Å². The minimum Gasteiger partial charge on any atom is -0.285 e. The molecule has 4 amide bonds. The van der Waals surface area contributed by atoms with Gasteiger partial charge < -0.3 is 0 Å². The molecule has 7 aliphatic rings. The summed E-state index contributed by atoms with van der Waals surface area (Å²) in [4.78, 5) is 56.8. The van der Waals surface area contributed by atoms with E-state index in [2.05, 4.69) is 6.92 Å². The number of likely N-dealkylation sites (tertiary alicyclic amines) is 2. The minimum absolute atomic E-state index is 0.0282. The van der Waals surface area contributed by atoms with Crippen LogP contribution in [0.5, 0.6) is 0 Å². The molecule has 7 fully saturated rings. The van der Waals surface area contributed by atoms with Crippen LogP contribution in [-0.2, 0) is 19.2 Å². The fourth-order valence-electron chi connectivity index (χ4n) is 11.4. The molecule has 2 heterocycles. The normalized spacial score (nSPS) is 49.1. The Hall–Kier alpha value is -1.72. The third-order valence-corrected chi connectivity index (χ3v) is 12.5. The second-order valence-corrected chi connectivity index (χ2v) is 13.5. The van der Waals surface area contributed by atoms with E-state index in [-0.39, 0.29) is 59.1 Å². The fraction of sp³-hybridized carbons (Fsp3) is 0.867. The average Bonchev–Trinajstić information content (AvgIpc) is 2.90. The summed E-state index contributed by atoms with van der Waals surface area (Å²) in [5.74, 6) is 4.26. The first-order valence-electron chi connectivity index (χ1n) is 15.1. The van der Waals surface area contributed by atoms with Gasteiger partial charge in [0.05, 0.1) is 0 Å². The lowest BCUT2D eigenvalue weighted by atomic mass is 9.38. The minimum atomic E-state index is 0.0282. The zero-order chi connectivity index (χ0) is 24.9. The molecule has 0 spiro atoms. The summed E-state index contributed by atoms with van der Waals surface area (Å²) >= 11 is 0. The van der Waals surface area contributed by atoms with E-state index in [1.165, 1.54) is 4.90 Å². The predicted molar refractivity (Wildman–Crippen MR) is 133 cm³/mol. The van der Waals surface area contributed by atoms with Crippen LogP contribution in [0.4, 0.5) is 0 Å². The van der Waals surface area contributed by atoms with Crippen LogP contribution in [0.3, 0.4) is 0 Å². The topological polar surface area (TPSA) is 74.8 Å². The Kier molecular flexibility index (Phi) is 5.46. The van der Waals surface area contributed by atoms with Crippen molar-refractivity contribution in [3.8, 4) is 0 Å². The van der Waals surface area contributed by atoms with E-state index >= 15 is 0 Å². The number of fused-ring (bicyclic) bond motifs is 2. The van der Waals surface area contributed by atoms with Gasteiger partial charge in [0.2, 0.25) is 23.6 Å². The molecule has 0 aromatic heterocycles. The third-order valence-electron chi connectivity index (χ3n) is 12.5. The van der Waals surface area contributed by atoms with Crippen molar-refractivity contribution in [3.63, 3.8) is 0 Å². The molecular formula is C30H42N2O4. The lowest BCUT2D eigenvalue weighted by molar-refractivity contribution is -0.209. The quantitative estimate of drug-likeness (QED) is 0.435. The van der Waals surface area contributed by atoms with E-state index in [1.807, 2.05) is 0 Å². The molecule has 5 saturated carbocycles. The summed E-state index contributed by atoms with van der Waals surface area (Å²) in [7, 11) is 1.70. The molecule has 36 heavy (non-hydrogen) atoms. The van der Waals surface area contributed by atoms with E-state index in [0.717, 1.165) is 70.6 Å². The van der Waals surface area contributed by atoms with E-state index in [9.17, 15) is 19.2 Å². The first kappa shape index (κ1) is 23.4. The average molecular weight is 495 g/mol. The third kappa shape index (κ3) is 2.96. The summed E-state index contributed by atoms with van der Waals surface area (Å²) in [6.45, 7) is 2.77. The highest BCUT2D eigenvalue weighted by Crippen LogP contribution is 2.69. The highest BCUT2D eigenvalue weighted by molar-refractivity contribution is 6.01. The first-order valence-corrected chi connectivity index (χ1v) is 15.1. The fourth-order valence-corrected chi connectivity index (χ4v) is 11.4. The molecule has 0 aromatic rings. The predicted octanol–water partition coefficient (Wildman–Crippen LogP) is 4.13. The molecule has 2 saturated heterocycles. The van der Waals surface area contributed by atoms with Gasteiger partial charge in [-0.3, -0.25) is 29.0 Å². The number of hydrogen-bond donors (Lipinski definition) is 0. The van der Waals surface area contributed by atoms with Crippen molar-refractivity contribution in [1.29, 1.82) is 0 Å². The van der Waals surface area contributed by atoms with Gasteiger partial charge in [-0.25, -0.2) is 0 Å². The highest BCUT2D eigenvalue weighted by atomic mass is 16.2. The second kappa shape index (κ2) is 8.39. The first-order chi connectivity index (χ1) is 17.4. The zero-order valence-electron chi connectivity index (χ0n) is 21.9. The van der Waals surface area contributed by atoms with Crippen LogP contribution in [-0.4, -0.2) is 47.0 Å². The van der Waals surface area contributed by atoms with Crippen LogP contribution in [0.15, 0.2) is 0 Å². The highest BCUT2D eigenvalue weighted by Gasteiger charge is 2.67. The summed E-state index contributed by atoms with van der Waals surface area (Å²) in [5, 5.41) is 0. The van der Waals surface area contributed by atoms with Crippen molar-refractivity contribution in [1.82, 2.24) is 9.80 Å². The van der Waals surface area contributed by atoms with E-state index in [0.29, 0.717) is 42.1 Å². The summed E-state index contributed by atoms with van der Waals surface area (Å²) < 4.78 is 0. The molecule has 8 atom stereocenters. The van der Waals surface area contributed by atoms with Gasteiger partial charge in [0.1, 0.15) is 0 Å². The zero-order valence-corrected chi connectivity index (χ0v) is 21.9. The monoisotopic (exact) mass is 494 g/mol. The van der Waals surface area contributed by atoms with Gasteiger partial charge in [-0.15, -0.1) is 0 Å². The molecule has 8 unspecified atom stereocenters. The van der Waals surface area contributed by atoms with Gasteiger partial charge in [-0.05, 0) is 105 Å². The SMILES string of the molecule is CCCCCN1C(=O)C2CCC3C4CCC5C(=O)N(C)C(=O)C6CCC(C7CCC(C1=O)C2C37)C4C56. The van der Waals surface area contributed by atoms with Gasteiger partial charge in [-0.1, -0.05) is 19.8 Å². The summed E-state index contributed by atoms with van der Waals surface area (Å²) in [5.41, 5.74) is 0. The Balaban J connectivity index is 1.22. The van der Waals surface area contributed by atoms with Crippen LogP contribution in [0.2, 0.25) is 0 Å². The molecule has 196 valence electrons. The molecule has 2 aliphatic heterocycles. The van der Waals surface area contributed by atoms with Crippen molar-refractivity contribution in [2.24, 2.45) is 71.0 Å². The number of carbonyl (C=O) groups excluding carboxylic acids is 4. The lowest BCUT2D eigenvalue weighted by Gasteiger charge is -2.67. The second-order valence-electron chi connectivity index (χ2n) is 13.5. The number of hydrogen-bond acceptors (Lipinski definition) is 4. The summed E-state index contributed by atoms with van der Waals surface area (Å²) in [6, 6.07) is 0. The maximum Gasteiger partial charge on any atom is 0.232 e. The van der Waals surface area contributed by atoms with Crippen LogP contribution >= 0.6 is 0 Å². The maximum absolute atomic E-state index is 13.7. The molecule has 6 heteroatoms. The van der Waals surface area contributed by atoms with Gasteiger partial charge in [-0.2, -0.15) is 0 Å². The standard InChI is InChI=1S/C30H42N2O4/c1-3-4-5-14-32-29(35)21-12-8-17-15-6-10-19-25-20(28(34)31(2)27(19)33)11-7-16(23(15)25)18-9-13-22(30(32)36)26(21)24(17)18/h15-26H,3-14H2,1-2H3. The molecule has 0 aromatic carbocycles. The molecule has 5 aliphatic carbocycles. The maximum atomic E-state index is 13.7. The molecule has 7 rings (SSSR count). The largest absolute Gasteiger partial charge is 0.285 e. The lowest BCUT2D eigenvalue weighted by Crippen LogP contribution is -2.68. The van der Waals surface area contributed by atoms with Crippen LogP contribution in [0.1, 0.15) is 77.6 Å². The van der Waals surface area contributed by atoms with Crippen molar-refractivity contribution in [3.05, 3.63) is 0 Å². The van der Waals surface area contributed by atoms with E-state index < -0.39 is 0 Å². The van der Waals surface area contributed by atoms with Crippen molar-refractivity contribution in [2.75, 3.05) is 13.6 Å². The molecule has 0 N–H and O–H groups in total. The molecule has 0 bridgehead atoms. The Morgan fingerprint density at radius 3 is 1.33 bits per heavy atom. The number of unbranched alkanes of at least 4 members (excludes halogenated alkanes) is 2.